The Hall–Kier alpha value is -3.15. The predicted molar refractivity (Wildman–Crippen MR) is 107 cm³/mol. The molecule has 140 valence electrons. The van der Waals surface area contributed by atoms with Gasteiger partial charge in [-0.25, -0.2) is 4.98 Å². The minimum Gasteiger partial charge on any atom is -0.347 e. The van der Waals surface area contributed by atoms with Crippen LogP contribution in [0, 0.1) is 20.8 Å². The molecule has 1 heterocycles. The highest BCUT2D eigenvalue weighted by Crippen LogP contribution is 2.21. The largest absolute Gasteiger partial charge is 0.347 e. The second kappa shape index (κ2) is 8.03. The summed E-state index contributed by atoms with van der Waals surface area (Å²) < 4.78 is 1.94. The summed E-state index contributed by atoms with van der Waals surface area (Å²) in [5.74, 6) is -0.397. The molecule has 3 aromatic rings. The SMILES string of the molecule is Cc1cc(C)c(NC(=O)CNC(=O)CCn2cnc3ccccc32)c(C)c1. The molecule has 2 N–H and O–H groups in total. The number of amides is 2. The number of para-hydroxylation sites is 2. The first-order valence-electron chi connectivity index (χ1n) is 8.98. The molecule has 0 aliphatic carbocycles. The van der Waals surface area contributed by atoms with Crippen LogP contribution in [0.25, 0.3) is 11.0 Å². The van der Waals surface area contributed by atoms with Crippen LogP contribution < -0.4 is 10.6 Å². The maximum atomic E-state index is 12.2. The first-order valence-corrected chi connectivity index (χ1v) is 8.98. The molecule has 0 spiro atoms. The molecule has 0 atom stereocenters. The molecular formula is C21H24N4O2. The fourth-order valence-corrected chi connectivity index (χ4v) is 3.24. The number of benzene rings is 2. The van der Waals surface area contributed by atoms with Crippen molar-refractivity contribution in [1.29, 1.82) is 0 Å². The maximum absolute atomic E-state index is 12.2. The summed E-state index contributed by atoms with van der Waals surface area (Å²) in [6, 6.07) is 11.8. The quantitative estimate of drug-likeness (QED) is 0.706. The number of carbonyl (C=O) groups excluding carboxylic acids is 2. The number of imidazole rings is 1. The van der Waals surface area contributed by atoms with E-state index >= 15 is 0 Å². The average Bonchev–Trinajstić information content (AvgIpc) is 3.04. The molecule has 6 heteroatoms. The molecule has 0 unspecified atom stereocenters. The molecule has 1 aromatic heterocycles. The molecule has 0 bridgehead atoms. The highest BCUT2D eigenvalue weighted by atomic mass is 16.2. The van der Waals surface area contributed by atoms with Crippen LogP contribution in [0.1, 0.15) is 23.1 Å². The van der Waals surface area contributed by atoms with E-state index in [1.165, 1.54) is 0 Å². The van der Waals surface area contributed by atoms with Crippen molar-refractivity contribution in [3.63, 3.8) is 0 Å². The highest BCUT2D eigenvalue weighted by molar-refractivity contribution is 5.95. The van der Waals surface area contributed by atoms with Crippen molar-refractivity contribution in [1.82, 2.24) is 14.9 Å². The predicted octanol–water partition coefficient (Wildman–Crippen LogP) is 3.11. The van der Waals surface area contributed by atoms with E-state index in [0.29, 0.717) is 6.54 Å². The summed E-state index contributed by atoms with van der Waals surface area (Å²) in [6.07, 6.45) is 2.02. The van der Waals surface area contributed by atoms with Gasteiger partial charge in [0.15, 0.2) is 0 Å². The van der Waals surface area contributed by atoms with Crippen LogP contribution in [0.4, 0.5) is 5.69 Å². The van der Waals surface area contributed by atoms with Gasteiger partial charge in [0.25, 0.3) is 0 Å². The van der Waals surface area contributed by atoms with Crippen LogP contribution in [0.5, 0.6) is 0 Å². The summed E-state index contributed by atoms with van der Waals surface area (Å²) in [6.45, 7) is 6.42. The maximum Gasteiger partial charge on any atom is 0.243 e. The zero-order valence-electron chi connectivity index (χ0n) is 15.9. The Morgan fingerprint density at radius 1 is 1.04 bits per heavy atom. The van der Waals surface area contributed by atoms with E-state index < -0.39 is 0 Å². The Labute approximate surface area is 158 Å². The number of anilines is 1. The molecule has 2 aromatic carbocycles. The molecular weight excluding hydrogens is 340 g/mol. The van der Waals surface area contributed by atoms with Gasteiger partial charge >= 0.3 is 0 Å². The number of carbonyl (C=O) groups is 2. The third-order valence-corrected chi connectivity index (χ3v) is 4.49. The fourth-order valence-electron chi connectivity index (χ4n) is 3.24. The Balaban J connectivity index is 1.50. The highest BCUT2D eigenvalue weighted by Gasteiger charge is 2.10. The van der Waals surface area contributed by atoms with Gasteiger partial charge in [0.05, 0.1) is 23.9 Å². The molecule has 0 aliphatic heterocycles. The number of aryl methyl sites for hydroxylation is 4. The first-order chi connectivity index (χ1) is 12.9. The standard InChI is InChI=1S/C21H24N4O2/c1-14-10-15(2)21(16(3)11-14)24-20(27)12-22-19(26)8-9-25-13-23-17-6-4-5-7-18(17)25/h4-7,10-11,13H,8-9,12H2,1-3H3,(H,22,26)(H,24,27). The smallest absolute Gasteiger partial charge is 0.243 e. The lowest BCUT2D eigenvalue weighted by molar-refractivity contribution is -0.124. The van der Waals surface area contributed by atoms with Gasteiger partial charge in [-0.3, -0.25) is 9.59 Å². The second-order valence-corrected chi connectivity index (χ2v) is 6.78. The van der Waals surface area contributed by atoms with Crippen molar-refractivity contribution < 1.29 is 9.59 Å². The Bertz CT molecular complexity index is 968. The minimum atomic E-state index is -0.230. The molecule has 0 saturated heterocycles. The van der Waals surface area contributed by atoms with Crippen molar-refractivity contribution in [3.05, 3.63) is 59.4 Å². The summed E-state index contributed by atoms with van der Waals surface area (Å²) >= 11 is 0. The average molecular weight is 364 g/mol. The second-order valence-electron chi connectivity index (χ2n) is 6.78. The number of rotatable bonds is 6. The van der Waals surface area contributed by atoms with Crippen LogP contribution in [0.3, 0.4) is 0 Å². The lowest BCUT2D eigenvalue weighted by atomic mass is 10.1. The fraction of sp³-hybridized carbons (Fsp3) is 0.286. The van der Waals surface area contributed by atoms with E-state index in [4.69, 9.17) is 0 Å². The van der Waals surface area contributed by atoms with Crippen molar-refractivity contribution in [2.45, 2.75) is 33.7 Å². The monoisotopic (exact) mass is 364 g/mol. The van der Waals surface area contributed by atoms with Gasteiger partial charge < -0.3 is 15.2 Å². The van der Waals surface area contributed by atoms with Crippen LogP contribution in [0.2, 0.25) is 0 Å². The van der Waals surface area contributed by atoms with Crippen LogP contribution in [-0.2, 0) is 16.1 Å². The third-order valence-electron chi connectivity index (χ3n) is 4.49. The van der Waals surface area contributed by atoms with E-state index in [1.54, 1.807) is 6.33 Å². The van der Waals surface area contributed by atoms with Crippen molar-refractivity contribution in [2.75, 3.05) is 11.9 Å². The molecule has 3 rings (SSSR count). The molecule has 0 radical (unpaired) electrons. The Morgan fingerprint density at radius 2 is 1.74 bits per heavy atom. The Morgan fingerprint density at radius 3 is 2.48 bits per heavy atom. The summed E-state index contributed by atoms with van der Waals surface area (Å²) in [7, 11) is 0. The van der Waals surface area contributed by atoms with E-state index in [2.05, 4.69) is 15.6 Å². The number of nitrogens with zero attached hydrogens (tertiary/aromatic N) is 2. The van der Waals surface area contributed by atoms with Crippen molar-refractivity contribution >= 4 is 28.5 Å². The molecule has 27 heavy (non-hydrogen) atoms. The van der Waals surface area contributed by atoms with E-state index in [0.717, 1.165) is 33.4 Å². The molecule has 2 amide bonds. The van der Waals surface area contributed by atoms with Gasteiger partial charge in [0, 0.05) is 18.7 Å². The molecule has 0 saturated carbocycles. The number of nitrogens with one attached hydrogen (secondary N) is 2. The van der Waals surface area contributed by atoms with Gasteiger partial charge in [0.2, 0.25) is 11.8 Å². The molecule has 0 aliphatic rings. The number of fused-ring (bicyclic) bond motifs is 1. The molecule has 6 nitrogen and oxygen atoms in total. The third kappa shape index (κ3) is 4.53. The number of hydrogen-bond donors (Lipinski definition) is 2. The zero-order valence-corrected chi connectivity index (χ0v) is 15.9. The summed E-state index contributed by atoms with van der Waals surface area (Å²) in [5, 5.41) is 5.56. The van der Waals surface area contributed by atoms with Gasteiger partial charge in [0.1, 0.15) is 0 Å². The topological polar surface area (TPSA) is 76.0 Å². The van der Waals surface area contributed by atoms with Crippen LogP contribution >= 0.6 is 0 Å². The number of aromatic nitrogens is 2. The van der Waals surface area contributed by atoms with Crippen LogP contribution in [-0.4, -0.2) is 27.9 Å². The van der Waals surface area contributed by atoms with Gasteiger partial charge in [-0.05, 0) is 44.0 Å². The lowest BCUT2D eigenvalue weighted by Crippen LogP contribution is -2.33. The van der Waals surface area contributed by atoms with E-state index in [1.807, 2.05) is 61.7 Å². The number of hydrogen-bond acceptors (Lipinski definition) is 3. The van der Waals surface area contributed by atoms with Crippen molar-refractivity contribution in [2.24, 2.45) is 0 Å². The summed E-state index contributed by atoms with van der Waals surface area (Å²) in [4.78, 5) is 28.6. The van der Waals surface area contributed by atoms with Crippen molar-refractivity contribution in [3.8, 4) is 0 Å². The first kappa shape index (κ1) is 18.6. The summed E-state index contributed by atoms with van der Waals surface area (Å²) in [5.41, 5.74) is 5.89. The lowest BCUT2D eigenvalue weighted by Gasteiger charge is -2.13. The normalized spacial score (nSPS) is 10.8. The van der Waals surface area contributed by atoms with Crippen LogP contribution in [0.15, 0.2) is 42.7 Å². The van der Waals surface area contributed by atoms with E-state index in [-0.39, 0.29) is 24.8 Å². The Kier molecular flexibility index (Phi) is 5.54. The molecule has 0 fully saturated rings. The van der Waals surface area contributed by atoms with Gasteiger partial charge in [-0.1, -0.05) is 29.8 Å². The zero-order chi connectivity index (χ0) is 19.4. The van der Waals surface area contributed by atoms with Gasteiger partial charge in [-0.15, -0.1) is 0 Å². The van der Waals surface area contributed by atoms with Gasteiger partial charge in [-0.2, -0.15) is 0 Å². The van der Waals surface area contributed by atoms with E-state index in [9.17, 15) is 9.59 Å². The minimum absolute atomic E-state index is 0.0454.